The van der Waals surface area contributed by atoms with Crippen molar-refractivity contribution in [3.8, 4) is 22.3 Å². The van der Waals surface area contributed by atoms with Gasteiger partial charge in [-0.15, -0.1) is 0 Å². The Morgan fingerprint density at radius 2 is 0.714 bits per heavy atom. The lowest BCUT2D eigenvalue weighted by Gasteiger charge is -2.09. The molecule has 0 saturated heterocycles. The highest BCUT2D eigenvalue weighted by Crippen LogP contribution is 2.26. The van der Waals surface area contributed by atoms with Gasteiger partial charge < -0.3 is 4.74 Å². The monoisotopic (exact) mass is 450 g/mol. The quantitative estimate of drug-likeness (QED) is 0.246. The Bertz CT molecular complexity index is 1470. The van der Waals surface area contributed by atoms with Gasteiger partial charge in [-0.2, -0.15) is 0 Å². The minimum atomic E-state index is 0.602. The van der Waals surface area contributed by atoms with Gasteiger partial charge in [0.1, 0.15) is 0 Å². The fraction of sp³-hybridized carbons (Fsp3) is 0.0588. The van der Waals surface area contributed by atoms with Crippen LogP contribution >= 0.6 is 0 Å². The summed E-state index contributed by atoms with van der Waals surface area (Å²) >= 11 is 0. The van der Waals surface area contributed by atoms with Crippen LogP contribution in [0.5, 0.6) is 0 Å². The fourth-order valence-corrected chi connectivity index (χ4v) is 4.61. The molecule has 168 valence electrons. The highest BCUT2D eigenvalue weighted by molar-refractivity contribution is 5.88. The van der Waals surface area contributed by atoms with Crippen LogP contribution in [0.2, 0.25) is 0 Å². The van der Waals surface area contributed by atoms with E-state index in [1.165, 1.54) is 54.9 Å². The molecule has 0 N–H and O–H groups in total. The molecular formula is C34H26O. The first-order valence-electron chi connectivity index (χ1n) is 12.1. The summed E-state index contributed by atoms with van der Waals surface area (Å²) in [5.74, 6) is 0. The molecule has 0 saturated carbocycles. The van der Waals surface area contributed by atoms with E-state index in [1.807, 2.05) is 0 Å². The van der Waals surface area contributed by atoms with E-state index >= 15 is 0 Å². The van der Waals surface area contributed by atoms with E-state index < -0.39 is 0 Å². The lowest BCUT2D eigenvalue weighted by atomic mass is 10.0. The van der Waals surface area contributed by atoms with Gasteiger partial charge in [-0.1, -0.05) is 121 Å². The molecule has 6 rings (SSSR count). The minimum Gasteiger partial charge on any atom is -0.372 e. The first-order chi connectivity index (χ1) is 17.3. The van der Waals surface area contributed by atoms with Crippen molar-refractivity contribution in [1.82, 2.24) is 0 Å². The van der Waals surface area contributed by atoms with Crippen LogP contribution in [0.3, 0.4) is 0 Å². The lowest BCUT2D eigenvalue weighted by Crippen LogP contribution is -1.94. The summed E-state index contributed by atoms with van der Waals surface area (Å²) < 4.78 is 6.01. The van der Waals surface area contributed by atoms with Gasteiger partial charge in [0, 0.05) is 0 Å². The number of hydrogen-bond acceptors (Lipinski definition) is 1. The van der Waals surface area contributed by atoms with Crippen molar-refractivity contribution < 1.29 is 4.74 Å². The Hall–Kier alpha value is -4.20. The molecule has 0 atom stereocenters. The highest BCUT2D eigenvalue weighted by atomic mass is 16.5. The molecule has 0 radical (unpaired) electrons. The van der Waals surface area contributed by atoms with Gasteiger partial charge in [-0.3, -0.25) is 0 Å². The predicted molar refractivity (Wildman–Crippen MR) is 147 cm³/mol. The van der Waals surface area contributed by atoms with Crippen molar-refractivity contribution in [3.63, 3.8) is 0 Å². The Kier molecular flexibility index (Phi) is 5.84. The van der Waals surface area contributed by atoms with Crippen molar-refractivity contribution in [3.05, 3.63) is 145 Å². The molecule has 1 nitrogen and oxygen atoms in total. The topological polar surface area (TPSA) is 9.23 Å². The Morgan fingerprint density at radius 3 is 1.14 bits per heavy atom. The number of benzene rings is 6. The van der Waals surface area contributed by atoms with Crippen molar-refractivity contribution >= 4 is 21.5 Å². The highest BCUT2D eigenvalue weighted by Gasteiger charge is 2.03. The number of rotatable bonds is 6. The Morgan fingerprint density at radius 1 is 0.343 bits per heavy atom. The Balaban J connectivity index is 1.07. The molecule has 1 heteroatoms. The van der Waals surface area contributed by atoms with Crippen molar-refractivity contribution in [2.24, 2.45) is 0 Å². The third-order valence-corrected chi connectivity index (χ3v) is 6.61. The molecule has 0 aliphatic carbocycles. The maximum absolute atomic E-state index is 6.01. The zero-order chi connectivity index (χ0) is 23.5. The van der Waals surface area contributed by atoms with E-state index in [9.17, 15) is 0 Å². The fourth-order valence-electron chi connectivity index (χ4n) is 4.61. The van der Waals surface area contributed by atoms with Crippen LogP contribution in [-0.2, 0) is 18.0 Å². The van der Waals surface area contributed by atoms with E-state index in [-0.39, 0.29) is 0 Å². The van der Waals surface area contributed by atoms with Crippen LogP contribution in [0.25, 0.3) is 43.8 Å². The SMILES string of the molecule is c1ccc2cc(-c3ccc(COCc4ccc(-c5ccc6ccccc6c5)cc4)cc3)ccc2c1. The van der Waals surface area contributed by atoms with E-state index in [1.54, 1.807) is 0 Å². The number of ether oxygens (including phenoxy) is 1. The minimum absolute atomic E-state index is 0.602. The van der Waals surface area contributed by atoms with Crippen LogP contribution in [-0.4, -0.2) is 0 Å². The van der Waals surface area contributed by atoms with Gasteiger partial charge in [0.05, 0.1) is 13.2 Å². The van der Waals surface area contributed by atoms with Crippen LogP contribution < -0.4 is 0 Å². The second-order valence-electron chi connectivity index (χ2n) is 9.01. The van der Waals surface area contributed by atoms with Crippen LogP contribution in [0.1, 0.15) is 11.1 Å². The van der Waals surface area contributed by atoms with Gasteiger partial charge in [-0.05, 0) is 67.1 Å². The van der Waals surface area contributed by atoms with Crippen molar-refractivity contribution in [2.45, 2.75) is 13.2 Å². The summed E-state index contributed by atoms with van der Waals surface area (Å²) in [5.41, 5.74) is 7.29. The van der Waals surface area contributed by atoms with Gasteiger partial charge in [0.2, 0.25) is 0 Å². The van der Waals surface area contributed by atoms with Crippen LogP contribution in [0.4, 0.5) is 0 Å². The molecule has 0 aromatic heterocycles. The Labute approximate surface area is 206 Å². The number of hydrogen-bond donors (Lipinski definition) is 0. The second kappa shape index (κ2) is 9.58. The summed E-state index contributed by atoms with van der Waals surface area (Å²) in [4.78, 5) is 0. The third-order valence-electron chi connectivity index (χ3n) is 6.61. The van der Waals surface area contributed by atoms with Crippen molar-refractivity contribution in [1.29, 1.82) is 0 Å². The predicted octanol–water partition coefficient (Wildman–Crippen LogP) is 9.04. The molecule has 0 heterocycles. The largest absolute Gasteiger partial charge is 0.372 e. The average Bonchev–Trinajstić information content (AvgIpc) is 2.93. The molecule has 6 aromatic rings. The summed E-state index contributed by atoms with van der Waals surface area (Å²) in [6, 6.07) is 47.6. The van der Waals surface area contributed by atoms with Crippen LogP contribution in [0, 0.1) is 0 Å². The maximum atomic E-state index is 6.01. The van der Waals surface area contributed by atoms with E-state index in [0.717, 1.165) is 0 Å². The maximum Gasteiger partial charge on any atom is 0.0721 e. The molecule has 0 unspecified atom stereocenters. The summed E-state index contributed by atoms with van der Waals surface area (Å²) in [6.07, 6.45) is 0. The zero-order valence-corrected chi connectivity index (χ0v) is 19.5. The summed E-state index contributed by atoms with van der Waals surface area (Å²) in [7, 11) is 0. The van der Waals surface area contributed by atoms with E-state index in [2.05, 4.69) is 133 Å². The third kappa shape index (κ3) is 4.73. The summed E-state index contributed by atoms with van der Waals surface area (Å²) in [6.45, 7) is 1.20. The second-order valence-corrected chi connectivity index (χ2v) is 9.01. The van der Waals surface area contributed by atoms with Gasteiger partial charge in [-0.25, -0.2) is 0 Å². The molecule has 6 aromatic carbocycles. The summed E-state index contributed by atoms with van der Waals surface area (Å²) in [5, 5.41) is 5.08. The molecular weight excluding hydrogens is 424 g/mol. The standard InChI is InChI=1S/C34H26O/c1-3-7-31-21-33(19-17-27(31)5-1)29-13-9-25(10-14-29)23-35-24-26-11-15-30(16-12-26)34-20-18-28-6-2-4-8-32(28)22-34/h1-22H,23-24H2. The first-order valence-corrected chi connectivity index (χ1v) is 12.1. The molecule has 0 fully saturated rings. The van der Waals surface area contributed by atoms with Gasteiger partial charge >= 0.3 is 0 Å². The number of fused-ring (bicyclic) bond motifs is 2. The average molecular weight is 451 g/mol. The molecule has 0 bridgehead atoms. The molecule has 35 heavy (non-hydrogen) atoms. The van der Waals surface area contributed by atoms with Crippen LogP contribution in [0.15, 0.2) is 133 Å². The van der Waals surface area contributed by atoms with Gasteiger partial charge in [0.15, 0.2) is 0 Å². The van der Waals surface area contributed by atoms with Crippen molar-refractivity contribution in [2.75, 3.05) is 0 Å². The van der Waals surface area contributed by atoms with E-state index in [0.29, 0.717) is 13.2 Å². The van der Waals surface area contributed by atoms with Gasteiger partial charge in [0.25, 0.3) is 0 Å². The normalized spacial score (nSPS) is 11.2. The molecule has 0 spiro atoms. The zero-order valence-electron chi connectivity index (χ0n) is 19.5. The smallest absolute Gasteiger partial charge is 0.0721 e. The van der Waals surface area contributed by atoms with E-state index in [4.69, 9.17) is 4.74 Å². The molecule has 0 aliphatic heterocycles. The lowest BCUT2D eigenvalue weighted by molar-refractivity contribution is 0.107. The molecule has 0 aliphatic rings. The molecule has 0 amide bonds. The first kappa shape index (κ1) is 21.3.